The van der Waals surface area contributed by atoms with Gasteiger partial charge in [0.05, 0.1) is 13.2 Å². The van der Waals surface area contributed by atoms with Crippen LogP contribution in [-0.2, 0) is 17.9 Å². The zero-order valence-corrected chi connectivity index (χ0v) is 13.4. The first-order valence-corrected chi connectivity index (χ1v) is 9.51. The summed E-state index contributed by atoms with van der Waals surface area (Å²) >= 11 is 0. The third kappa shape index (κ3) is 5.47. The monoisotopic (exact) mass is 277 g/mol. The van der Waals surface area contributed by atoms with Crippen LogP contribution in [0.3, 0.4) is 0 Å². The highest BCUT2D eigenvalue weighted by Crippen LogP contribution is 2.28. The normalized spacial score (nSPS) is 11.4. The topological polar surface area (TPSA) is 58.0 Å². The molecule has 0 aliphatic carbocycles. The maximum atomic E-state index is 8.26. The number of ether oxygens (including phenoxy) is 1. The van der Waals surface area contributed by atoms with E-state index in [-0.39, 0.29) is 0 Å². The van der Waals surface area contributed by atoms with Crippen molar-refractivity contribution in [3.8, 4) is 0 Å². The van der Waals surface area contributed by atoms with Crippen molar-refractivity contribution in [1.82, 2.24) is 0 Å². The van der Waals surface area contributed by atoms with Gasteiger partial charge in [0.2, 0.25) is 0 Å². The van der Waals surface area contributed by atoms with Crippen LogP contribution in [0.1, 0.15) is 25.0 Å². The Balaban J connectivity index is 2.44. The first kappa shape index (κ1) is 15.8. The molecule has 0 fully saturated rings. The molecule has 0 aliphatic rings. The van der Waals surface area contributed by atoms with Crippen LogP contribution in [0.25, 0.3) is 10.4 Å². The van der Waals surface area contributed by atoms with Crippen molar-refractivity contribution in [3.05, 3.63) is 45.8 Å². The van der Waals surface area contributed by atoms with Crippen LogP contribution in [0.2, 0.25) is 18.1 Å². The van der Waals surface area contributed by atoms with Crippen molar-refractivity contribution >= 4 is 8.80 Å². The molecule has 0 aliphatic heterocycles. The minimum atomic E-state index is -0.698. The Hall–Kier alpha value is -1.29. The Morgan fingerprint density at radius 2 is 1.79 bits per heavy atom. The summed E-state index contributed by atoms with van der Waals surface area (Å²) in [5.41, 5.74) is 10.4. The molecular weight excluding hydrogens is 254 g/mol. The van der Waals surface area contributed by atoms with Gasteiger partial charge in [-0.1, -0.05) is 56.3 Å². The molecule has 0 amide bonds. The minimum Gasteiger partial charge on any atom is -0.377 e. The van der Waals surface area contributed by atoms with Crippen LogP contribution in [-0.4, -0.2) is 15.4 Å². The van der Waals surface area contributed by atoms with Crippen molar-refractivity contribution in [2.45, 2.75) is 45.1 Å². The summed E-state index contributed by atoms with van der Waals surface area (Å²) in [4.78, 5) is 2.75. The van der Waals surface area contributed by atoms with Gasteiger partial charge in [-0.15, -0.1) is 0 Å². The van der Waals surface area contributed by atoms with E-state index in [1.54, 1.807) is 0 Å². The van der Waals surface area contributed by atoms with Gasteiger partial charge in [0.25, 0.3) is 0 Å². The fourth-order valence-corrected chi connectivity index (χ4v) is 1.90. The molecule has 0 atom stereocenters. The van der Waals surface area contributed by atoms with E-state index in [2.05, 4.69) is 37.0 Å². The van der Waals surface area contributed by atoms with E-state index in [0.717, 1.165) is 17.7 Å². The molecule has 0 heterocycles. The van der Waals surface area contributed by atoms with Gasteiger partial charge in [-0.25, -0.2) is 0 Å². The fraction of sp³-hybridized carbons (Fsp3) is 0.571. The van der Waals surface area contributed by atoms with Crippen LogP contribution in [0.5, 0.6) is 0 Å². The smallest absolute Gasteiger partial charge is 0.0716 e. The van der Waals surface area contributed by atoms with Gasteiger partial charge < -0.3 is 4.74 Å². The predicted octanol–water partition coefficient (Wildman–Crippen LogP) is 4.28. The highest BCUT2D eigenvalue weighted by molar-refractivity contribution is 6.59. The van der Waals surface area contributed by atoms with Crippen molar-refractivity contribution in [2.24, 2.45) is 5.11 Å². The standard InChI is InChI=1S/C14H23N3OSi/c1-14(2,19(3)4)11-18-10-13-7-5-12(6-8-13)9-16-17-15/h5-8,19H,9-11H2,1-4H3. The molecule has 0 saturated heterocycles. The molecule has 1 rings (SSSR count). The Kier molecular flexibility index (Phi) is 6.08. The molecule has 0 unspecified atom stereocenters. The molecule has 0 aromatic heterocycles. The number of nitrogens with zero attached hydrogens (tertiary/aromatic N) is 3. The highest BCUT2D eigenvalue weighted by Gasteiger charge is 2.23. The van der Waals surface area contributed by atoms with Crippen LogP contribution < -0.4 is 0 Å². The van der Waals surface area contributed by atoms with Crippen LogP contribution >= 0.6 is 0 Å². The second-order valence-corrected chi connectivity index (χ2v) is 9.71. The predicted molar refractivity (Wildman–Crippen MR) is 81.9 cm³/mol. The Morgan fingerprint density at radius 3 is 2.32 bits per heavy atom. The lowest BCUT2D eigenvalue weighted by Crippen LogP contribution is -2.26. The summed E-state index contributed by atoms with van der Waals surface area (Å²) in [5, 5.41) is 3.87. The quantitative estimate of drug-likeness (QED) is 0.317. The van der Waals surface area contributed by atoms with Gasteiger partial charge in [-0.3, -0.25) is 0 Å². The molecule has 0 saturated carbocycles. The zero-order chi connectivity index (χ0) is 14.3. The van der Waals surface area contributed by atoms with E-state index in [1.807, 2.05) is 24.3 Å². The highest BCUT2D eigenvalue weighted by atomic mass is 28.3. The van der Waals surface area contributed by atoms with E-state index in [4.69, 9.17) is 10.3 Å². The van der Waals surface area contributed by atoms with Crippen molar-refractivity contribution in [1.29, 1.82) is 0 Å². The summed E-state index contributed by atoms with van der Waals surface area (Å²) in [7, 11) is -0.698. The number of benzene rings is 1. The van der Waals surface area contributed by atoms with Crippen molar-refractivity contribution < 1.29 is 4.74 Å². The van der Waals surface area contributed by atoms with Crippen LogP contribution in [0, 0.1) is 0 Å². The second-order valence-electron chi connectivity index (χ2n) is 5.84. The Labute approximate surface area is 117 Å². The molecule has 0 N–H and O–H groups in total. The SMILES string of the molecule is C[SiH](C)C(C)(C)COCc1ccc(CN=[N+]=[N-])cc1. The van der Waals surface area contributed by atoms with Gasteiger partial charge in [0.15, 0.2) is 0 Å². The van der Waals surface area contributed by atoms with Gasteiger partial charge in [0.1, 0.15) is 0 Å². The van der Waals surface area contributed by atoms with Crippen molar-refractivity contribution in [2.75, 3.05) is 6.61 Å². The number of azide groups is 1. The molecule has 4 nitrogen and oxygen atoms in total. The lowest BCUT2D eigenvalue weighted by Gasteiger charge is -2.27. The van der Waals surface area contributed by atoms with E-state index in [9.17, 15) is 0 Å². The zero-order valence-electron chi connectivity index (χ0n) is 12.3. The molecule has 0 spiro atoms. The Bertz CT molecular complexity index is 437. The van der Waals surface area contributed by atoms with Gasteiger partial charge >= 0.3 is 0 Å². The number of hydrogen-bond acceptors (Lipinski definition) is 2. The fourth-order valence-electron chi connectivity index (χ4n) is 1.45. The number of hydrogen-bond donors (Lipinski definition) is 0. The average molecular weight is 277 g/mol. The lowest BCUT2D eigenvalue weighted by atomic mass is 10.1. The molecular formula is C14H23N3OSi. The Morgan fingerprint density at radius 1 is 1.21 bits per heavy atom. The van der Waals surface area contributed by atoms with E-state index < -0.39 is 8.80 Å². The van der Waals surface area contributed by atoms with E-state index >= 15 is 0 Å². The summed E-state index contributed by atoms with van der Waals surface area (Å²) < 4.78 is 5.82. The summed E-state index contributed by atoms with van der Waals surface area (Å²) in [5.74, 6) is 0. The third-order valence-electron chi connectivity index (χ3n) is 3.65. The first-order chi connectivity index (χ1) is 8.95. The largest absolute Gasteiger partial charge is 0.377 e. The molecule has 1 aromatic rings. The minimum absolute atomic E-state index is 0.335. The van der Waals surface area contributed by atoms with Gasteiger partial charge in [-0.2, -0.15) is 0 Å². The second kappa shape index (κ2) is 7.33. The molecule has 1 aromatic carbocycles. The summed E-state index contributed by atoms with van der Waals surface area (Å²) in [6.07, 6.45) is 0. The van der Waals surface area contributed by atoms with Crippen LogP contribution in [0.4, 0.5) is 0 Å². The molecule has 0 bridgehead atoms. The van der Waals surface area contributed by atoms with Crippen LogP contribution in [0.15, 0.2) is 29.4 Å². The number of rotatable bonds is 7. The molecule has 5 heteroatoms. The maximum Gasteiger partial charge on any atom is 0.0716 e. The lowest BCUT2D eigenvalue weighted by molar-refractivity contribution is 0.101. The van der Waals surface area contributed by atoms with E-state index in [0.29, 0.717) is 18.2 Å². The third-order valence-corrected chi connectivity index (χ3v) is 6.94. The molecule has 0 radical (unpaired) electrons. The maximum absolute atomic E-state index is 8.26. The molecule has 104 valence electrons. The molecule has 19 heavy (non-hydrogen) atoms. The van der Waals surface area contributed by atoms with Gasteiger partial charge in [0, 0.05) is 20.3 Å². The summed E-state index contributed by atoms with van der Waals surface area (Å²) in [6, 6.07) is 8.02. The first-order valence-electron chi connectivity index (χ1n) is 6.62. The average Bonchev–Trinajstić information content (AvgIpc) is 2.37. The summed E-state index contributed by atoms with van der Waals surface area (Å²) in [6.45, 7) is 11.1. The van der Waals surface area contributed by atoms with Gasteiger partial charge in [-0.05, 0) is 21.7 Å². The van der Waals surface area contributed by atoms with E-state index in [1.165, 1.54) is 0 Å². The van der Waals surface area contributed by atoms with Crippen molar-refractivity contribution in [3.63, 3.8) is 0 Å².